The van der Waals surface area contributed by atoms with Gasteiger partial charge in [0.1, 0.15) is 5.58 Å². The highest BCUT2D eigenvalue weighted by atomic mass is 31.1. The number of rotatable bonds is 8. The van der Waals surface area contributed by atoms with Gasteiger partial charge in [-0.2, -0.15) is 0 Å². The predicted octanol–water partition coefficient (Wildman–Crippen LogP) is 9.96. The smallest absolute Gasteiger partial charge is 0.124 e. The van der Waals surface area contributed by atoms with Crippen LogP contribution in [0.3, 0.4) is 0 Å². The second-order valence-electron chi connectivity index (χ2n) is 11.6. The van der Waals surface area contributed by atoms with Gasteiger partial charge in [0.05, 0.1) is 5.69 Å². The molecule has 4 rings (SSSR count). The first-order chi connectivity index (χ1) is 17.9. The molecule has 2 fully saturated rings. The zero-order valence-corrected chi connectivity index (χ0v) is 24.8. The molecule has 2 aliphatic rings. The third-order valence-corrected chi connectivity index (χ3v) is 11.4. The summed E-state index contributed by atoms with van der Waals surface area (Å²) in [5.74, 6) is 0. The number of nitrogens with zero attached hydrogens (tertiary/aromatic N) is 2. The van der Waals surface area contributed by atoms with E-state index in [4.69, 9.17) is 9.98 Å². The molecule has 3 nitrogen and oxygen atoms in total. The summed E-state index contributed by atoms with van der Waals surface area (Å²) in [6, 6.07) is 15.6. The van der Waals surface area contributed by atoms with Gasteiger partial charge in [-0.25, -0.2) is 0 Å². The Balaban J connectivity index is 1.51. The molecule has 0 radical (unpaired) electrons. The normalized spacial score (nSPS) is 18.6. The van der Waals surface area contributed by atoms with Crippen LogP contribution in [0.4, 0.5) is 11.4 Å². The molecule has 1 N–H and O–H groups in total. The number of nitrogens with one attached hydrogen (secondary N) is 1. The molecule has 0 aliphatic heterocycles. The van der Waals surface area contributed by atoms with Crippen LogP contribution in [-0.4, -0.2) is 28.6 Å². The minimum atomic E-state index is -0.262. The Hall–Kier alpha value is -1.99. The molecule has 2 aromatic rings. The lowest BCUT2D eigenvalue weighted by Crippen LogP contribution is -2.28. The van der Waals surface area contributed by atoms with Crippen LogP contribution in [0, 0.1) is 13.8 Å². The van der Waals surface area contributed by atoms with E-state index in [1.807, 2.05) is 0 Å². The Labute approximate surface area is 227 Å². The van der Waals surface area contributed by atoms with Crippen LogP contribution in [0.15, 0.2) is 52.4 Å². The van der Waals surface area contributed by atoms with Crippen molar-refractivity contribution in [1.29, 1.82) is 0 Å². The number of amidine groups is 1. The molecule has 0 unspecified atom stereocenters. The maximum absolute atomic E-state index is 5.26. The van der Waals surface area contributed by atoms with Crippen LogP contribution in [0.5, 0.6) is 0 Å². The van der Waals surface area contributed by atoms with E-state index in [1.165, 1.54) is 86.5 Å². The van der Waals surface area contributed by atoms with Crippen LogP contribution < -0.4 is 5.32 Å². The van der Waals surface area contributed by atoms with E-state index in [-0.39, 0.29) is 7.92 Å². The summed E-state index contributed by atoms with van der Waals surface area (Å²) >= 11 is 0. The lowest BCUT2D eigenvalue weighted by Gasteiger charge is -2.39. The lowest BCUT2D eigenvalue weighted by molar-refractivity contribution is 0.487. The fraction of sp³-hybridized carbons (Fsp3) is 0.576. The summed E-state index contributed by atoms with van der Waals surface area (Å²) in [6.45, 7) is 11.0. The number of hydrogen-bond acceptors (Lipinski definition) is 2. The third-order valence-electron chi connectivity index (χ3n) is 8.08. The quantitative estimate of drug-likeness (QED) is 0.211. The topological polar surface area (TPSA) is 36.8 Å². The van der Waals surface area contributed by atoms with E-state index >= 15 is 0 Å². The SMILES string of the molecule is CC(Cc1c(C)cccc1C)=Nc1ccc(NC(=NC(C)C)P(C2CCCCC2)C2CCCCC2)cc1. The van der Waals surface area contributed by atoms with E-state index in [9.17, 15) is 0 Å². The van der Waals surface area contributed by atoms with Crippen LogP contribution in [0.1, 0.15) is 102 Å². The van der Waals surface area contributed by atoms with Crippen molar-refractivity contribution in [3.05, 3.63) is 59.2 Å². The number of aryl methyl sites for hydroxylation is 2. The average molecular weight is 518 g/mol. The second kappa shape index (κ2) is 13.7. The van der Waals surface area contributed by atoms with E-state index in [0.29, 0.717) is 6.04 Å². The van der Waals surface area contributed by atoms with Gasteiger partial charge in [-0.15, -0.1) is 0 Å². The summed E-state index contributed by atoms with van der Waals surface area (Å²) in [5.41, 5.74) is 10.4. The van der Waals surface area contributed by atoms with Gasteiger partial charge in [-0.05, 0) is 120 Å². The number of hydrogen-bond donors (Lipinski definition) is 1. The van der Waals surface area contributed by atoms with Crippen molar-refractivity contribution in [2.24, 2.45) is 9.98 Å². The molecule has 0 spiro atoms. The average Bonchev–Trinajstić information content (AvgIpc) is 2.88. The van der Waals surface area contributed by atoms with Gasteiger partial charge in [-0.1, -0.05) is 56.7 Å². The molecule has 0 heterocycles. The summed E-state index contributed by atoms with van der Waals surface area (Å²) in [5, 5.41) is 3.87. The highest BCUT2D eigenvalue weighted by Crippen LogP contribution is 2.56. The van der Waals surface area contributed by atoms with Crippen LogP contribution in [0.25, 0.3) is 0 Å². The third kappa shape index (κ3) is 8.00. The van der Waals surface area contributed by atoms with Crippen LogP contribution in [-0.2, 0) is 6.42 Å². The molecule has 2 saturated carbocycles. The Morgan fingerprint density at radius 2 is 1.38 bits per heavy atom. The second-order valence-corrected chi connectivity index (χ2v) is 14.3. The largest absolute Gasteiger partial charge is 0.340 e. The Bertz CT molecular complexity index is 1020. The Kier molecular flexibility index (Phi) is 10.4. The minimum Gasteiger partial charge on any atom is -0.340 e. The van der Waals surface area contributed by atoms with Gasteiger partial charge in [0.25, 0.3) is 0 Å². The molecule has 0 atom stereocenters. The lowest BCUT2D eigenvalue weighted by atomic mass is 9.98. The van der Waals surface area contributed by atoms with Crippen molar-refractivity contribution in [3.8, 4) is 0 Å². The van der Waals surface area contributed by atoms with Crippen LogP contribution in [0.2, 0.25) is 0 Å². The number of aliphatic imine (C=N–C) groups is 2. The molecule has 0 aromatic heterocycles. The van der Waals surface area contributed by atoms with Crippen molar-refractivity contribution < 1.29 is 0 Å². The minimum absolute atomic E-state index is 0.262. The molecular weight excluding hydrogens is 469 g/mol. The molecule has 4 heteroatoms. The maximum Gasteiger partial charge on any atom is 0.124 e. The molecule has 37 heavy (non-hydrogen) atoms. The maximum atomic E-state index is 5.26. The standard InChI is InChI=1S/C33H48N3P/c1-24(2)34-33(37(30-15-8-6-9-16-30)31-17-10-7-11-18-31)36-29-21-19-28(20-22-29)35-27(5)23-32-25(3)13-12-14-26(32)4/h12-14,19-22,24,30-31H,6-11,15-18,23H2,1-5H3,(H,34,36). The van der Waals surface area contributed by atoms with Gasteiger partial charge >= 0.3 is 0 Å². The fourth-order valence-corrected chi connectivity index (χ4v) is 9.92. The van der Waals surface area contributed by atoms with E-state index in [2.05, 4.69) is 82.4 Å². The molecule has 2 aromatic carbocycles. The van der Waals surface area contributed by atoms with E-state index in [0.717, 1.165) is 34.8 Å². The number of anilines is 1. The number of benzene rings is 2. The molecular formula is C33H48N3P. The van der Waals surface area contributed by atoms with Gasteiger partial charge in [0.2, 0.25) is 0 Å². The summed E-state index contributed by atoms with van der Waals surface area (Å²) < 4.78 is 0. The Morgan fingerprint density at radius 1 is 0.838 bits per heavy atom. The molecule has 0 saturated heterocycles. The van der Waals surface area contributed by atoms with E-state index < -0.39 is 0 Å². The predicted molar refractivity (Wildman–Crippen MR) is 166 cm³/mol. The van der Waals surface area contributed by atoms with Gasteiger partial charge in [0, 0.05) is 23.9 Å². The monoisotopic (exact) mass is 517 g/mol. The zero-order valence-electron chi connectivity index (χ0n) is 23.9. The van der Waals surface area contributed by atoms with Crippen LogP contribution >= 0.6 is 7.92 Å². The van der Waals surface area contributed by atoms with Crippen molar-refractivity contribution in [2.75, 3.05) is 5.32 Å². The highest BCUT2D eigenvalue weighted by Gasteiger charge is 2.35. The Morgan fingerprint density at radius 3 is 1.89 bits per heavy atom. The van der Waals surface area contributed by atoms with E-state index in [1.54, 1.807) is 0 Å². The summed E-state index contributed by atoms with van der Waals surface area (Å²) in [7, 11) is -0.262. The summed E-state index contributed by atoms with van der Waals surface area (Å²) in [6.07, 6.45) is 14.9. The van der Waals surface area contributed by atoms with Gasteiger partial charge in [0.15, 0.2) is 0 Å². The first kappa shape index (κ1) is 28.0. The molecule has 0 amide bonds. The fourth-order valence-electron chi connectivity index (χ4n) is 6.16. The van der Waals surface area contributed by atoms with Crippen molar-refractivity contribution >= 4 is 30.6 Å². The molecule has 0 bridgehead atoms. The first-order valence-corrected chi connectivity index (χ1v) is 16.2. The molecule has 200 valence electrons. The first-order valence-electron chi connectivity index (χ1n) is 14.7. The molecule has 2 aliphatic carbocycles. The van der Waals surface area contributed by atoms with Gasteiger partial charge < -0.3 is 5.32 Å². The van der Waals surface area contributed by atoms with Crippen molar-refractivity contribution in [3.63, 3.8) is 0 Å². The van der Waals surface area contributed by atoms with Gasteiger partial charge in [-0.3, -0.25) is 9.98 Å². The highest BCUT2D eigenvalue weighted by molar-refractivity contribution is 7.76. The summed E-state index contributed by atoms with van der Waals surface area (Å²) in [4.78, 5) is 10.2. The zero-order chi connectivity index (χ0) is 26.2. The van der Waals surface area contributed by atoms with Crippen molar-refractivity contribution in [2.45, 2.75) is 123 Å². The van der Waals surface area contributed by atoms with Crippen molar-refractivity contribution in [1.82, 2.24) is 0 Å².